The number of imidazole rings is 1. The van der Waals surface area contributed by atoms with Crippen molar-refractivity contribution in [2.24, 2.45) is 0 Å². The molecule has 1 radical (unpaired) electrons. The van der Waals surface area contributed by atoms with Crippen LogP contribution in [0.5, 0.6) is 11.6 Å². The Morgan fingerprint density at radius 1 is 1.25 bits per heavy atom. The van der Waals surface area contributed by atoms with Crippen LogP contribution in [-0.4, -0.2) is 67.8 Å². The normalized spacial score (nSPS) is 11.3. The van der Waals surface area contributed by atoms with Crippen molar-refractivity contribution in [3.8, 4) is 23.5 Å². The van der Waals surface area contributed by atoms with E-state index in [-0.39, 0.29) is 35.3 Å². The standard InChI is InChI=1S/C19H20N4O3S.Na/c1-4-5-6-11-26-17-8-7-14-18(22-17)23-19(21-14)27(24)12-15-13(2)16(25-3)9-10-20-15;/h7-10H,6,11-12H2,1-3H3,(H,21,22,23);. The molecule has 0 spiro atoms. The number of methoxy groups -OCH3 is 1. The van der Waals surface area contributed by atoms with Crippen molar-refractivity contribution in [2.45, 2.75) is 31.2 Å². The molecule has 3 rings (SSSR count). The van der Waals surface area contributed by atoms with Gasteiger partial charge in [-0.15, -0.1) is 11.8 Å². The van der Waals surface area contributed by atoms with Crippen LogP contribution in [0.4, 0.5) is 0 Å². The summed E-state index contributed by atoms with van der Waals surface area (Å²) in [6.07, 6.45) is 2.28. The fourth-order valence-electron chi connectivity index (χ4n) is 2.49. The Morgan fingerprint density at radius 3 is 2.82 bits per heavy atom. The first kappa shape index (κ1) is 22.5. The largest absolute Gasteiger partial charge is 0.609 e. The van der Waals surface area contributed by atoms with Crippen LogP contribution in [0.1, 0.15) is 24.6 Å². The molecule has 0 bridgehead atoms. The average molecular weight is 407 g/mol. The van der Waals surface area contributed by atoms with Gasteiger partial charge in [0.25, 0.3) is 0 Å². The van der Waals surface area contributed by atoms with Gasteiger partial charge in [0.15, 0.2) is 11.4 Å². The van der Waals surface area contributed by atoms with E-state index >= 15 is 0 Å². The summed E-state index contributed by atoms with van der Waals surface area (Å²) in [6.45, 7) is 4.15. The third-order valence-electron chi connectivity index (χ3n) is 3.91. The van der Waals surface area contributed by atoms with E-state index in [4.69, 9.17) is 9.47 Å². The third-order valence-corrected chi connectivity index (χ3v) is 5.07. The van der Waals surface area contributed by atoms with Crippen LogP contribution in [0.3, 0.4) is 0 Å². The number of aromatic nitrogens is 4. The molecule has 0 aliphatic carbocycles. The Labute approximate surface area is 189 Å². The van der Waals surface area contributed by atoms with E-state index in [1.54, 1.807) is 38.4 Å². The van der Waals surface area contributed by atoms with Crippen LogP contribution in [0.15, 0.2) is 29.6 Å². The molecule has 3 aromatic rings. The molecule has 0 amide bonds. The van der Waals surface area contributed by atoms with Gasteiger partial charge in [-0.2, -0.15) is 9.97 Å². The maximum Gasteiger partial charge on any atom is 0.323 e. The number of hydrogen-bond acceptors (Lipinski definition) is 6. The zero-order chi connectivity index (χ0) is 19.2. The van der Waals surface area contributed by atoms with Gasteiger partial charge in [0, 0.05) is 65.0 Å². The molecule has 0 aromatic carbocycles. The van der Waals surface area contributed by atoms with Crippen molar-refractivity contribution in [2.75, 3.05) is 13.7 Å². The molecule has 3 aromatic heterocycles. The number of H-pyrrole nitrogens is 1. The van der Waals surface area contributed by atoms with Crippen molar-refractivity contribution in [1.82, 2.24) is 19.9 Å². The fourth-order valence-corrected chi connectivity index (χ4v) is 3.58. The third kappa shape index (κ3) is 5.40. The average Bonchev–Trinajstić information content (AvgIpc) is 3.10. The first-order chi connectivity index (χ1) is 13.1. The summed E-state index contributed by atoms with van der Waals surface area (Å²) in [5.41, 5.74) is 2.75. The van der Waals surface area contributed by atoms with Gasteiger partial charge >= 0.3 is 5.16 Å². The molecule has 0 fully saturated rings. The second-order valence-corrected chi connectivity index (χ2v) is 7.03. The van der Waals surface area contributed by atoms with E-state index in [1.165, 1.54) is 0 Å². The number of nitrogens with one attached hydrogen (secondary N) is 1. The second kappa shape index (κ2) is 10.7. The summed E-state index contributed by atoms with van der Waals surface area (Å²) in [5, 5.41) is 0.357. The van der Waals surface area contributed by atoms with E-state index in [9.17, 15) is 4.55 Å². The zero-order valence-corrected chi connectivity index (χ0v) is 19.2. The number of fused-ring (bicyclic) bond motifs is 1. The second-order valence-electron chi connectivity index (χ2n) is 5.66. The Kier molecular flexibility index (Phi) is 8.60. The summed E-state index contributed by atoms with van der Waals surface area (Å²) >= 11 is -1.39. The van der Waals surface area contributed by atoms with Crippen molar-refractivity contribution < 1.29 is 14.0 Å². The Morgan fingerprint density at radius 2 is 2.07 bits per heavy atom. The number of aromatic amines is 1. The topological polar surface area (TPSA) is 96.0 Å². The molecule has 1 atom stereocenters. The fraction of sp³-hybridized carbons (Fsp3) is 0.316. The molecule has 28 heavy (non-hydrogen) atoms. The van der Waals surface area contributed by atoms with E-state index in [2.05, 4.69) is 31.8 Å². The molecule has 0 saturated heterocycles. The van der Waals surface area contributed by atoms with Gasteiger partial charge < -0.3 is 14.0 Å². The molecule has 0 saturated carbocycles. The maximum atomic E-state index is 12.7. The van der Waals surface area contributed by atoms with Gasteiger partial charge in [0.1, 0.15) is 17.9 Å². The summed E-state index contributed by atoms with van der Waals surface area (Å²) in [7, 11) is 1.60. The molecule has 0 aliphatic heterocycles. The smallest absolute Gasteiger partial charge is 0.323 e. The van der Waals surface area contributed by atoms with Gasteiger partial charge in [0.2, 0.25) is 5.88 Å². The predicted molar refractivity (Wildman–Crippen MR) is 109 cm³/mol. The van der Waals surface area contributed by atoms with Crippen molar-refractivity contribution in [3.63, 3.8) is 0 Å². The number of ether oxygens (including phenoxy) is 2. The quantitative estimate of drug-likeness (QED) is 0.280. The minimum absolute atomic E-state index is 0. The Bertz CT molecular complexity index is 1000. The van der Waals surface area contributed by atoms with Crippen LogP contribution < -0.4 is 9.47 Å². The molecule has 141 valence electrons. The molecule has 1 N–H and O–H groups in total. The van der Waals surface area contributed by atoms with Gasteiger partial charge in [0.05, 0.1) is 12.8 Å². The van der Waals surface area contributed by atoms with E-state index in [0.29, 0.717) is 40.9 Å². The number of nitrogens with zero attached hydrogens (tertiary/aromatic N) is 3. The van der Waals surface area contributed by atoms with Crippen LogP contribution in [0, 0.1) is 18.8 Å². The van der Waals surface area contributed by atoms with Gasteiger partial charge in [-0.25, -0.2) is 0 Å². The monoisotopic (exact) mass is 407 g/mol. The molecule has 1 unspecified atom stereocenters. The maximum absolute atomic E-state index is 12.7. The molecular weight excluding hydrogens is 387 g/mol. The van der Waals surface area contributed by atoms with Crippen molar-refractivity contribution >= 4 is 51.9 Å². The predicted octanol–water partition coefficient (Wildman–Crippen LogP) is 2.39. The minimum Gasteiger partial charge on any atom is -0.609 e. The van der Waals surface area contributed by atoms with Gasteiger partial charge in [-0.1, -0.05) is 0 Å². The number of pyridine rings is 2. The summed E-state index contributed by atoms with van der Waals surface area (Å²) in [5.74, 6) is 7.19. The number of rotatable bonds is 7. The zero-order valence-electron chi connectivity index (χ0n) is 16.4. The minimum atomic E-state index is -1.39. The SMILES string of the molecule is CC#CCCOc1ccc2nc([S+]([O-])Cc3nccc(OC)c3C)[nH]c2n1.[Na]. The van der Waals surface area contributed by atoms with Gasteiger partial charge in [-0.05, 0) is 26.0 Å². The molecule has 3 heterocycles. The summed E-state index contributed by atoms with van der Waals surface area (Å²) in [6, 6.07) is 5.30. The van der Waals surface area contributed by atoms with E-state index in [0.717, 1.165) is 11.3 Å². The van der Waals surface area contributed by atoms with Crippen LogP contribution in [-0.2, 0) is 16.9 Å². The van der Waals surface area contributed by atoms with Crippen molar-refractivity contribution in [1.29, 1.82) is 0 Å². The molecule has 0 aliphatic rings. The van der Waals surface area contributed by atoms with Crippen LogP contribution >= 0.6 is 0 Å². The molecule has 9 heteroatoms. The van der Waals surface area contributed by atoms with E-state index in [1.807, 2.05) is 6.92 Å². The molecular formula is C19H20N4NaO3S. The number of hydrogen-bond donors (Lipinski definition) is 1. The summed E-state index contributed by atoms with van der Waals surface area (Å²) < 4.78 is 23.6. The first-order valence-corrected chi connectivity index (χ1v) is 9.70. The van der Waals surface area contributed by atoms with Crippen LogP contribution in [0.25, 0.3) is 11.2 Å². The van der Waals surface area contributed by atoms with Crippen molar-refractivity contribution in [3.05, 3.63) is 35.7 Å². The van der Waals surface area contributed by atoms with Crippen LogP contribution in [0.2, 0.25) is 0 Å². The Hall–Kier alpha value is -1.76. The Balaban J connectivity index is 0.00000280. The summed E-state index contributed by atoms with van der Waals surface area (Å²) in [4.78, 5) is 16.1. The molecule has 7 nitrogen and oxygen atoms in total. The van der Waals surface area contributed by atoms with Gasteiger partial charge in [-0.3, -0.25) is 9.97 Å². The van der Waals surface area contributed by atoms with E-state index < -0.39 is 11.2 Å². The first-order valence-electron chi connectivity index (χ1n) is 8.38.